The number of nitrogens with one attached hydrogen (secondary N) is 1. The number of hydrogen-bond donors (Lipinski definition) is 3. The van der Waals surface area contributed by atoms with Crippen LogP contribution in [0.25, 0.3) is 0 Å². The van der Waals surface area contributed by atoms with E-state index >= 15 is 0 Å². The average molecular weight is 1200 g/mol. The molecular formula is C79H151NO5. The lowest BCUT2D eigenvalue weighted by molar-refractivity contribution is -0.143. The first-order valence-electron chi connectivity index (χ1n) is 38.7. The minimum Gasteiger partial charge on any atom is -0.466 e. The largest absolute Gasteiger partial charge is 0.466 e. The van der Waals surface area contributed by atoms with Gasteiger partial charge < -0.3 is 20.3 Å². The molecule has 0 aromatic rings. The van der Waals surface area contributed by atoms with Crippen molar-refractivity contribution in [2.75, 3.05) is 13.2 Å². The van der Waals surface area contributed by atoms with Crippen LogP contribution in [0, 0.1) is 0 Å². The number of unbranched alkanes of at least 4 members (excludes halogenated alkanes) is 56. The summed E-state index contributed by atoms with van der Waals surface area (Å²) in [5.41, 5.74) is 0. The number of ether oxygens (including phenoxy) is 1. The van der Waals surface area contributed by atoms with Gasteiger partial charge in [-0.15, -0.1) is 0 Å². The van der Waals surface area contributed by atoms with Gasteiger partial charge in [-0.05, 0) is 83.5 Å². The molecule has 0 rings (SSSR count). The van der Waals surface area contributed by atoms with E-state index in [1.54, 1.807) is 0 Å². The van der Waals surface area contributed by atoms with Crippen molar-refractivity contribution in [2.45, 2.75) is 443 Å². The van der Waals surface area contributed by atoms with Crippen molar-refractivity contribution in [3.05, 3.63) is 36.5 Å². The second kappa shape index (κ2) is 74.5. The zero-order chi connectivity index (χ0) is 61.3. The van der Waals surface area contributed by atoms with Crippen LogP contribution in [0.5, 0.6) is 0 Å². The monoisotopic (exact) mass is 1190 g/mol. The fourth-order valence-corrected chi connectivity index (χ4v) is 12.3. The predicted octanol–water partition coefficient (Wildman–Crippen LogP) is 25.4. The van der Waals surface area contributed by atoms with Crippen LogP contribution in [0.1, 0.15) is 431 Å². The zero-order valence-corrected chi connectivity index (χ0v) is 57.6. The highest BCUT2D eigenvalue weighted by Gasteiger charge is 2.20. The highest BCUT2D eigenvalue weighted by molar-refractivity contribution is 5.76. The molecule has 85 heavy (non-hydrogen) atoms. The summed E-state index contributed by atoms with van der Waals surface area (Å²) >= 11 is 0. The van der Waals surface area contributed by atoms with Crippen LogP contribution >= 0.6 is 0 Å². The van der Waals surface area contributed by atoms with Gasteiger partial charge in [0.2, 0.25) is 5.91 Å². The lowest BCUT2D eigenvalue weighted by Crippen LogP contribution is -2.45. The van der Waals surface area contributed by atoms with Crippen molar-refractivity contribution in [2.24, 2.45) is 0 Å². The van der Waals surface area contributed by atoms with Gasteiger partial charge in [0.15, 0.2) is 0 Å². The van der Waals surface area contributed by atoms with Gasteiger partial charge in [0, 0.05) is 12.8 Å². The summed E-state index contributed by atoms with van der Waals surface area (Å²) < 4.78 is 5.48. The van der Waals surface area contributed by atoms with E-state index in [0.717, 1.165) is 51.4 Å². The van der Waals surface area contributed by atoms with Gasteiger partial charge >= 0.3 is 5.97 Å². The normalized spacial score (nSPS) is 12.7. The van der Waals surface area contributed by atoms with Crippen molar-refractivity contribution in [3.8, 4) is 0 Å². The van der Waals surface area contributed by atoms with Gasteiger partial charge in [-0.1, -0.05) is 371 Å². The van der Waals surface area contributed by atoms with E-state index in [0.29, 0.717) is 25.9 Å². The van der Waals surface area contributed by atoms with E-state index in [9.17, 15) is 19.8 Å². The molecule has 6 nitrogen and oxygen atoms in total. The lowest BCUT2D eigenvalue weighted by Gasteiger charge is -2.22. The molecule has 502 valence electrons. The standard InChI is InChI=1S/C79H151NO5/c1-3-5-7-9-11-13-15-17-18-44-48-51-55-59-63-67-71-77(82)76(75-81)80-78(83)72-68-64-60-56-52-49-45-42-40-38-36-34-32-30-28-26-24-22-20-19-21-23-25-27-29-31-33-35-37-39-41-43-46-50-54-58-62-66-70-74-85-79(84)73-69-65-61-57-53-47-16-14-12-10-8-6-4-2/h14,16,19-20,23,25,76-77,81-82H,3-13,15,17-18,21-22,24,26-75H2,1-2H3,(H,80,83)/b16-14-,20-19-,25-23-. The molecule has 0 aromatic heterocycles. The van der Waals surface area contributed by atoms with E-state index in [-0.39, 0.29) is 18.5 Å². The molecule has 0 aliphatic carbocycles. The Kier molecular flexibility index (Phi) is 72.9. The maximum atomic E-state index is 12.5. The average Bonchev–Trinajstić information content (AvgIpc) is 3.51. The van der Waals surface area contributed by atoms with Crippen molar-refractivity contribution < 1.29 is 24.5 Å². The molecule has 0 saturated carbocycles. The van der Waals surface area contributed by atoms with E-state index in [1.807, 2.05) is 0 Å². The van der Waals surface area contributed by atoms with Crippen molar-refractivity contribution in [3.63, 3.8) is 0 Å². The number of esters is 1. The third-order valence-corrected chi connectivity index (χ3v) is 18.2. The minimum atomic E-state index is -0.662. The molecule has 0 bridgehead atoms. The number of aliphatic hydroxyl groups excluding tert-OH is 2. The number of aliphatic hydroxyl groups is 2. The molecule has 6 heteroatoms. The number of hydrogen-bond acceptors (Lipinski definition) is 5. The van der Waals surface area contributed by atoms with Gasteiger partial charge in [0.05, 0.1) is 25.4 Å². The van der Waals surface area contributed by atoms with Gasteiger partial charge in [-0.3, -0.25) is 9.59 Å². The first kappa shape index (κ1) is 83.1. The quantitative estimate of drug-likeness (QED) is 0.0320. The van der Waals surface area contributed by atoms with Crippen LogP contribution in [0.15, 0.2) is 36.5 Å². The third kappa shape index (κ3) is 71.0. The second-order valence-electron chi connectivity index (χ2n) is 26.7. The fraction of sp³-hybridized carbons (Fsp3) is 0.899. The van der Waals surface area contributed by atoms with Crippen LogP contribution in [0.4, 0.5) is 0 Å². The van der Waals surface area contributed by atoms with Crippen LogP contribution in [0.3, 0.4) is 0 Å². The Labute approximate surface area is 532 Å². The molecular weight excluding hydrogens is 1040 g/mol. The Morgan fingerprint density at radius 1 is 0.329 bits per heavy atom. The maximum Gasteiger partial charge on any atom is 0.305 e. The summed E-state index contributed by atoms with van der Waals surface area (Å²) in [6.45, 7) is 4.97. The highest BCUT2D eigenvalue weighted by atomic mass is 16.5. The van der Waals surface area contributed by atoms with Crippen molar-refractivity contribution in [1.29, 1.82) is 0 Å². The summed E-state index contributed by atoms with van der Waals surface area (Å²) in [4.78, 5) is 24.6. The maximum absolute atomic E-state index is 12.5. The van der Waals surface area contributed by atoms with Gasteiger partial charge in [-0.25, -0.2) is 0 Å². The SMILES string of the molecule is CCCCCC/C=C\CCCCCCCC(=O)OCCCCCCCCCCCCCCCCC/C=C\C/C=C\CCCCCCCCCCCCCCCCCCCC(=O)NC(CO)C(O)CCCCCCCCCCCCCCCCCC. The Morgan fingerprint density at radius 2 is 0.588 bits per heavy atom. The van der Waals surface area contributed by atoms with Crippen LogP contribution in [-0.4, -0.2) is 47.4 Å². The summed E-state index contributed by atoms with van der Waals surface area (Å²) in [6, 6.07) is -0.539. The molecule has 0 aliphatic rings. The number of rotatable bonds is 73. The fourth-order valence-electron chi connectivity index (χ4n) is 12.3. The first-order chi connectivity index (χ1) is 42.0. The smallest absolute Gasteiger partial charge is 0.305 e. The molecule has 0 spiro atoms. The highest BCUT2D eigenvalue weighted by Crippen LogP contribution is 2.19. The molecule has 0 fully saturated rings. The van der Waals surface area contributed by atoms with Gasteiger partial charge in [0.1, 0.15) is 0 Å². The van der Waals surface area contributed by atoms with E-state index in [4.69, 9.17) is 4.74 Å². The number of carbonyl (C=O) groups is 2. The molecule has 0 saturated heterocycles. The molecule has 2 unspecified atom stereocenters. The molecule has 1 amide bonds. The van der Waals surface area contributed by atoms with E-state index in [2.05, 4.69) is 55.6 Å². The van der Waals surface area contributed by atoms with Crippen molar-refractivity contribution >= 4 is 11.9 Å². The Hall–Kier alpha value is -1.92. The Balaban J connectivity index is 3.35. The summed E-state index contributed by atoms with van der Waals surface area (Å²) in [5.74, 6) is -0.0169. The number of allylic oxidation sites excluding steroid dienone is 6. The third-order valence-electron chi connectivity index (χ3n) is 18.2. The summed E-state index contributed by atoms with van der Waals surface area (Å²) in [5, 5.41) is 23.4. The van der Waals surface area contributed by atoms with E-state index in [1.165, 1.54) is 347 Å². The lowest BCUT2D eigenvalue weighted by atomic mass is 10.0. The summed E-state index contributed by atoms with van der Waals surface area (Å²) in [7, 11) is 0. The van der Waals surface area contributed by atoms with Crippen LogP contribution in [0.2, 0.25) is 0 Å². The molecule has 0 radical (unpaired) electrons. The summed E-state index contributed by atoms with van der Waals surface area (Å²) in [6.07, 6.45) is 96.7. The zero-order valence-electron chi connectivity index (χ0n) is 57.6. The second-order valence-corrected chi connectivity index (χ2v) is 26.7. The Morgan fingerprint density at radius 3 is 0.918 bits per heavy atom. The molecule has 3 N–H and O–H groups in total. The molecule has 0 heterocycles. The molecule has 0 aromatic carbocycles. The topological polar surface area (TPSA) is 95.9 Å². The number of carbonyl (C=O) groups excluding carboxylic acids is 2. The molecule has 2 atom stereocenters. The number of amides is 1. The van der Waals surface area contributed by atoms with Crippen LogP contribution in [-0.2, 0) is 14.3 Å². The van der Waals surface area contributed by atoms with E-state index < -0.39 is 12.1 Å². The van der Waals surface area contributed by atoms with Crippen LogP contribution < -0.4 is 5.32 Å². The van der Waals surface area contributed by atoms with Gasteiger partial charge in [-0.2, -0.15) is 0 Å². The Bertz CT molecular complexity index is 1380. The predicted molar refractivity (Wildman–Crippen MR) is 375 cm³/mol. The minimum absolute atomic E-state index is 0.0115. The van der Waals surface area contributed by atoms with Gasteiger partial charge in [0.25, 0.3) is 0 Å². The van der Waals surface area contributed by atoms with Crippen molar-refractivity contribution in [1.82, 2.24) is 5.32 Å². The molecule has 0 aliphatic heterocycles. The first-order valence-corrected chi connectivity index (χ1v) is 38.7.